The molecule has 1 aromatic heterocycles. The highest BCUT2D eigenvalue weighted by Crippen LogP contribution is 2.34. The number of likely N-dealkylation sites (tertiary alicyclic amines) is 3. The van der Waals surface area contributed by atoms with E-state index >= 15 is 0 Å². The molecule has 0 bridgehead atoms. The van der Waals surface area contributed by atoms with Crippen molar-refractivity contribution in [3.63, 3.8) is 0 Å². The summed E-state index contributed by atoms with van der Waals surface area (Å²) < 4.78 is 0. The fourth-order valence-electron chi connectivity index (χ4n) is 6.26. The number of carbonyl (C=O) groups is 3. The lowest BCUT2D eigenvalue weighted by atomic mass is 9.94. The maximum atomic E-state index is 13.7. The molecule has 3 saturated heterocycles. The van der Waals surface area contributed by atoms with E-state index < -0.39 is 0 Å². The molecule has 2 aromatic rings. The number of aryl methyl sites for hydroxylation is 1. The van der Waals surface area contributed by atoms with Crippen molar-refractivity contribution in [2.24, 2.45) is 17.8 Å². The number of hydrogen-bond donors (Lipinski definition) is 0. The van der Waals surface area contributed by atoms with Gasteiger partial charge >= 0.3 is 0 Å². The smallest absolute Gasteiger partial charge is 0.265 e. The molecule has 0 aliphatic carbocycles. The van der Waals surface area contributed by atoms with E-state index in [-0.39, 0.29) is 23.6 Å². The molecule has 210 valence electrons. The minimum Gasteiger partial charge on any atom is -0.343 e. The number of anilines is 1. The molecule has 10 heteroatoms. The van der Waals surface area contributed by atoms with Gasteiger partial charge in [-0.3, -0.25) is 14.4 Å². The van der Waals surface area contributed by atoms with E-state index in [1.807, 2.05) is 45.2 Å². The Morgan fingerprint density at radius 2 is 1.67 bits per heavy atom. The molecule has 5 rings (SSSR count). The molecule has 0 N–H and O–H groups in total. The van der Waals surface area contributed by atoms with Gasteiger partial charge in [-0.05, 0) is 73.7 Å². The Kier molecular flexibility index (Phi) is 8.86. The predicted octanol–water partition coefficient (Wildman–Crippen LogP) is 5.05. The van der Waals surface area contributed by atoms with Crippen LogP contribution < -0.4 is 4.90 Å². The summed E-state index contributed by atoms with van der Waals surface area (Å²) in [5, 5.41) is 3.07. The van der Waals surface area contributed by atoms with Gasteiger partial charge in [-0.2, -0.15) is 0 Å². The largest absolute Gasteiger partial charge is 0.343 e. The van der Waals surface area contributed by atoms with Crippen molar-refractivity contribution >= 4 is 57.9 Å². The Morgan fingerprint density at radius 1 is 0.974 bits per heavy atom. The van der Waals surface area contributed by atoms with Gasteiger partial charge in [-0.15, -0.1) is 11.3 Å². The Morgan fingerprint density at radius 3 is 2.26 bits per heavy atom. The van der Waals surface area contributed by atoms with Gasteiger partial charge in [-0.1, -0.05) is 29.3 Å². The van der Waals surface area contributed by atoms with Crippen LogP contribution in [0.3, 0.4) is 0 Å². The van der Waals surface area contributed by atoms with Crippen molar-refractivity contribution in [1.29, 1.82) is 0 Å². The fraction of sp³-hybridized carbons (Fsp3) is 0.552. The number of fused-ring (bicyclic) bond motifs is 1. The fourth-order valence-corrected chi connectivity index (χ4v) is 7.54. The van der Waals surface area contributed by atoms with Crippen molar-refractivity contribution < 1.29 is 14.4 Å². The summed E-state index contributed by atoms with van der Waals surface area (Å²) in [5.74, 6) is 1.11. The van der Waals surface area contributed by atoms with E-state index in [9.17, 15) is 14.4 Å². The monoisotopic (exact) mass is 590 g/mol. The van der Waals surface area contributed by atoms with Crippen LogP contribution in [0.5, 0.6) is 0 Å². The lowest BCUT2D eigenvalue weighted by Crippen LogP contribution is -2.44. The lowest BCUT2D eigenvalue weighted by Gasteiger charge is -2.34. The molecule has 0 saturated carbocycles. The molecular formula is C29H36Cl2N4O3S. The summed E-state index contributed by atoms with van der Waals surface area (Å²) in [5.41, 5.74) is 1.82. The topological polar surface area (TPSA) is 64.2 Å². The highest BCUT2D eigenvalue weighted by molar-refractivity contribution is 7.12. The highest BCUT2D eigenvalue weighted by Gasteiger charge is 2.42. The third-order valence-electron chi connectivity index (χ3n) is 8.54. The van der Waals surface area contributed by atoms with Gasteiger partial charge in [0.25, 0.3) is 5.91 Å². The van der Waals surface area contributed by atoms with E-state index in [0.717, 1.165) is 50.4 Å². The van der Waals surface area contributed by atoms with Crippen LogP contribution in [0.1, 0.15) is 41.4 Å². The minimum atomic E-state index is -0.0906. The number of benzene rings is 1. The van der Waals surface area contributed by atoms with E-state index in [1.54, 1.807) is 13.0 Å². The van der Waals surface area contributed by atoms with Gasteiger partial charge in [0.2, 0.25) is 11.8 Å². The second kappa shape index (κ2) is 12.2. The first-order valence-electron chi connectivity index (χ1n) is 13.8. The average Bonchev–Trinajstić information content (AvgIpc) is 3.62. The number of thiophene rings is 1. The molecule has 4 heterocycles. The second-order valence-electron chi connectivity index (χ2n) is 11.1. The third kappa shape index (κ3) is 6.29. The van der Waals surface area contributed by atoms with Crippen LogP contribution in [0.25, 0.3) is 0 Å². The zero-order chi connectivity index (χ0) is 27.7. The van der Waals surface area contributed by atoms with Gasteiger partial charge in [-0.25, -0.2) is 0 Å². The van der Waals surface area contributed by atoms with Crippen molar-refractivity contribution in [2.45, 2.75) is 33.1 Å². The van der Waals surface area contributed by atoms with Crippen molar-refractivity contribution in [1.82, 2.24) is 14.7 Å². The summed E-state index contributed by atoms with van der Waals surface area (Å²) >= 11 is 14.0. The standard InChI is InChI=1S/C29H36Cl2N4O3S/c1-19-4-5-24(14-26(19)31)35(28(37)21-6-11-33(12-7-21)20(2)36)10-3-9-32-15-22-17-34(18-23(22)16-32)29(38)27-25(30)8-13-39-27/h4-5,8,13-14,21-23H,3,6-7,9-12,15-18H2,1-2H3. The highest BCUT2D eigenvalue weighted by atomic mass is 35.5. The van der Waals surface area contributed by atoms with Crippen LogP contribution in [-0.4, -0.2) is 84.8 Å². The SMILES string of the molecule is CC(=O)N1CCC(C(=O)N(CCCN2CC3CN(C(=O)c4sccc4Cl)CC3C2)c2ccc(C)c(Cl)c2)CC1. The van der Waals surface area contributed by atoms with E-state index in [2.05, 4.69) is 4.90 Å². The molecule has 2 unspecified atom stereocenters. The van der Waals surface area contributed by atoms with Gasteiger partial charge in [0.05, 0.1) is 5.02 Å². The average molecular weight is 592 g/mol. The second-order valence-corrected chi connectivity index (χ2v) is 12.9. The molecule has 0 radical (unpaired) electrons. The normalized spacial score (nSPS) is 21.8. The summed E-state index contributed by atoms with van der Waals surface area (Å²) in [6.07, 6.45) is 2.24. The Hall–Kier alpha value is -2.13. The zero-order valence-electron chi connectivity index (χ0n) is 22.6. The molecule has 7 nitrogen and oxygen atoms in total. The summed E-state index contributed by atoms with van der Waals surface area (Å²) in [4.78, 5) is 47.1. The molecule has 3 amide bonds. The van der Waals surface area contributed by atoms with Crippen LogP contribution in [0.4, 0.5) is 5.69 Å². The number of nitrogens with zero attached hydrogens (tertiary/aromatic N) is 4. The summed E-state index contributed by atoms with van der Waals surface area (Å²) in [6.45, 7) is 9.84. The van der Waals surface area contributed by atoms with Gasteiger partial charge in [0, 0.05) is 69.4 Å². The van der Waals surface area contributed by atoms with Crippen LogP contribution >= 0.6 is 34.5 Å². The molecule has 3 aliphatic heterocycles. The molecule has 2 atom stereocenters. The minimum absolute atomic E-state index is 0.0519. The molecular weight excluding hydrogens is 555 g/mol. The number of halogens is 2. The van der Waals surface area contributed by atoms with Gasteiger partial charge in [0.15, 0.2) is 0 Å². The molecule has 3 fully saturated rings. The van der Waals surface area contributed by atoms with Crippen LogP contribution in [0, 0.1) is 24.7 Å². The quantitative estimate of drug-likeness (QED) is 0.452. The summed E-state index contributed by atoms with van der Waals surface area (Å²) in [7, 11) is 0. The maximum absolute atomic E-state index is 13.7. The zero-order valence-corrected chi connectivity index (χ0v) is 24.9. The number of hydrogen-bond acceptors (Lipinski definition) is 5. The number of carbonyl (C=O) groups excluding carboxylic acids is 3. The van der Waals surface area contributed by atoms with Crippen LogP contribution in [0.2, 0.25) is 10.0 Å². The number of rotatable bonds is 7. The molecule has 3 aliphatic rings. The van der Waals surface area contributed by atoms with Crippen molar-refractivity contribution in [3.05, 3.63) is 50.1 Å². The van der Waals surface area contributed by atoms with Crippen molar-refractivity contribution in [3.8, 4) is 0 Å². The first-order valence-corrected chi connectivity index (χ1v) is 15.4. The molecule has 0 spiro atoms. The Balaban J connectivity index is 1.16. The Labute approximate surface area is 244 Å². The van der Waals surface area contributed by atoms with Crippen LogP contribution in [-0.2, 0) is 9.59 Å². The number of amides is 3. The first kappa shape index (κ1) is 28.4. The van der Waals surface area contributed by atoms with Gasteiger partial charge in [0.1, 0.15) is 4.88 Å². The maximum Gasteiger partial charge on any atom is 0.265 e. The third-order valence-corrected chi connectivity index (χ3v) is 10.3. The predicted molar refractivity (Wildman–Crippen MR) is 157 cm³/mol. The van der Waals surface area contributed by atoms with Crippen molar-refractivity contribution in [2.75, 3.05) is 57.3 Å². The molecule has 39 heavy (non-hydrogen) atoms. The first-order chi connectivity index (χ1) is 18.7. The molecule has 1 aromatic carbocycles. The lowest BCUT2D eigenvalue weighted by molar-refractivity contribution is -0.133. The number of piperidine rings is 1. The van der Waals surface area contributed by atoms with E-state index in [0.29, 0.717) is 59.2 Å². The summed E-state index contributed by atoms with van der Waals surface area (Å²) in [6, 6.07) is 7.63. The van der Waals surface area contributed by atoms with E-state index in [4.69, 9.17) is 23.2 Å². The Bertz CT molecular complexity index is 1210. The van der Waals surface area contributed by atoms with Gasteiger partial charge < -0.3 is 19.6 Å². The van der Waals surface area contributed by atoms with Crippen LogP contribution in [0.15, 0.2) is 29.6 Å². The van der Waals surface area contributed by atoms with E-state index in [1.165, 1.54) is 11.3 Å².